The molecule has 6 N–H and O–H groups in total. The van der Waals surface area contributed by atoms with Crippen molar-refractivity contribution >= 4 is 5.91 Å². The fourth-order valence-corrected chi connectivity index (χ4v) is 9.99. The van der Waals surface area contributed by atoms with Crippen LogP contribution in [0.5, 0.6) is 0 Å². The topological polar surface area (TPSA) is 149 Å². The van der Waals surface area contributed by atoms with Crippen molar-refractivity contribution in [2.45, 2.75) is 352 Å². The molecule has 9 nitrogen and oxygen atoms in total. The first-order valence-corrected chi connectivity index (χ1v) is 29.7. The van der Waals surface area contributed by atoms with Crippen molar-refractivity contribution in [1.82, 2.24) is 5.32 Å². The van der Waals surface area contributed by atoms with Crippen molar-refractivity contribution < 1.29 is 39.8 Å². The molecule has 1 aliphatic rings. The average Bonchev–Trinajstić information content (AvgIpc) is 3.33. The van der Waals surface area contributed by atoms with Crippen molar-refractivity contribution in [3.63, 3.8) is 0 Å². The van der Waals surface area contributed by atoms with Gasteiger partial charge in [0.05, 0.1) is 25.4 Å². The second-order valence-electron chi connectivity index (χ2n) is 21.2. The molecule has 0 saturated carbocycles. The molecule has 7 atom stereocenters. The van der Waals surface area contributed by atoms with Crippen LogP contribution in [-0.2, 0) is 14.3 Å². The molecule has 400 valence electrons. The molecular weight excluding hydrogens is 839 g/mol. The number of aliphatic hydroxyl groups excluding tert-OH is 5. The van der Waals surface area contributed by atoms with Gasteiger partial charge in [0, 0.05) is 6.42 Å². The van der Waals surface area contributed by atoms with Crippen LogP contribution in [0.4, 0.5) is 0 Å². The molecule has 1 heterocycles. The van der Waals surface area contributed by atoms with Gasteiger partial charge >= 0.3 is 0 Å². The summed E-state index contributed by atoms with van der Waals surface area (Å²) < 4.78 is 11.3. The van der Waals surface area contributed by atoms with E-state index in [9.17, 15) is 30.3 Å². The Hall–Kier alpha value is -0.810. The van der Waals surface area contributed by atoms with Crippen LogP contribution < -0.4 is 5.32 Å². The lowest BCUT2D eigenvalue weighted by Crippen LogP contribution is -2.60. The van der Waals surface area contributed by atoms with Crippen molar-refractivity contribution in [2.24, 2.45) is 0 Å². The fraction of sp³-hybridized carbons (Fsp3) is 0.983. The van der Waals surface area contributed by atoms with Crippen LogP contribution in [-0.4, -0.2) is 87.5 Å². The summed E-state index contributed by atoms with van der Waals surface area (Å²) in [4.78, 5) is 13.0. The number of carbonyl (C=O) groups is 1. The number of amides is 1. The van der Waals surface area contributed by atoms with Gasteiger partial charge in [0.1, 0.15) is 24.4 Å². The predicted octanol–water partition coefficient (Wildman–Crippen LogP) is 14.6. The molecule has 67 heavy (non-hydrogen) atoms. The second kappa shape index (κ2) is 48.8. The van der Waals surface area contributed by atoms with Gasteiger partial charge in [-0.2, -0.15) is 0 Å². The Morgan fingerprint density at radius 1 is 0.448 bits per heavy atom. The van der Waals surface area contributed by atoms with Crippen LogP contribution in [0.25, 0.3) is 0 Å². The molecule has 0 aliphatic carbocycles. The lowest BCUT2D eigenvalue weighted by molar-refractivity contribution is -0.302. The zero-order chi connectivity index (χ0) is 48.7. The molecule has 0 bridgehead atoms. The normalized spacial score (nSPS) is 19.5. The fourth-order valence-electron chi connectivity index (χ4n) is 9.99. The van der Waals surface area contributed by atoms with Crippen molar-refractivity contribution in [2.75, 3.05) is 13.2 Å². The summed E-state index contributed by atoms with van der Waals surface area (Å²) in [5, 5.41) is 54.4. The summed E-state index contributed by atoms with van der Waals surface area (Å²) in [5.41, 5.74) is 0. The van der Waals surface area contributed by atoms with Gasteiger partial charge in [0.25, 0.3) is 0 Å². The third-order valence-electron chi connectivity index (χ3n) is 14.7. The predicted molar refractivity (Wildman–Crippen MR) is 281 cm³/mol. The monoisotopic (exact) mass is 954 g/mol. The highest BCUT2D eigenvalue weighted by molar-refractivity contribution is 5.76. The van der Waals surface area contributed by atoms with Crippen molar-refractivity contribution in [1.29, 1.82) is 0 Å². The lowest BCUT2D eigenvalue weighted by Gasteiger charge is -2.40. The van der Waals surface area contributed by atoms with Gasteiger partial charge in [-0.3, -0.25) is 4.79 Å². The quantitative estimate of drug-likeness (QED) is 0.0330. The first-order chi connectivity index (χ1) is 32.8. The molecule has 0 aromatic rings. The molecule has 1 fully saturated rings. The van der Waals surface area contributed by atoms with Gasteiger partial charge in [-0.25, -0.2) is 0 Å². The molecule has 1 aliphatic heterocycles. The maximum absolute atomic E-state index is 13.0. The largest absolute Gasteiger partial charge is 0.394 e. The van der Waals surface area contributed by atoms with Gasteiger partial charge < -0.3 is 40.3 Å². The number of ether oxygens (including phenoxy) is 2. The van der Waals surface area contributed by atoms with Crippen LogP contribution >= 0.6 is 0 Å². The van der Waals surface area contributed by atoms with E-state index in [1.54, 1.807) is 0 Å². The van der Waals surface area contributed by atoms with E-state index in [1.165, 1.54) is 244 Å². The minimum absolute atomic E-state index is 0.132. The third-order valence-corrected chi connectivity index (χ3v) is 14.7. The Balaban J connectivity index is 1.99. The van der Waals surface area contributed by atoms with E-state index in [1.807, 2.05) is 0 Å². The van der Waals surface area contributed by atoms with Gasteiger partial charge in [-0.1, -0.05) is 290 Å². The molecule has 1 rings (SSSR count). The van der Waals surface area contributed by atoms with Crippen LogP contribution in [0, 0.1) is 0 Å². The molecule has 0 radical (unpaired) electrons. The molecule has 0 spiro atoms. The third kappa shape index (κ3) is 38.5. The summed E-state index contributed by atoms with van der Waals surface area (Å²) in [7, 11) is 0. The maximum atomic E-state index is 13.0. The second-order valence-corrected chi connectivity index (χ2v) is 21.2. The first kappa shape index (κ1) is 64.2. The molecular formula is C58H115NO8. The van der Waals surface area contributed by atoms with Gasteiger partial charge in [0.15, 0.2) is 6.29 Å². The molecule has 0 aromatic carbocycles. The van der Waals surface area contributed by atoms with E-state index in [2.05, 4.69) is 19.2 Å². The summed E-state index contributed by atoms with van der Waals surface area (Å²) in [6.45, 7) is 3.84. The number of hydrogen-bond donors (Lipinski definition) is 6. The number of carbonyl (C=O) groups excluding carboxylic acids is 1. The maximum Gasteiger partial charge on any atom is 0.220 e. The van der Waals surface area contributed by atoms with E-state index < -0.39 is 49.5 Å². The number of unbranched alkanes of at least 4 members (excludes halogenated alkanes) is 42. The number of aliphatic hydroxyl groups is 5. The van der Waals surface area contributed by atoms with Crippen molar-refractivity contribution in [3.05, 3.63) is 0 Å². The average molecular weight is 955 g/mol. The van der Waals surface area contributed by atoms with E-state index in [4.69, 9.17) is 9.47 Å². The Bertz CT molecular complexity index is 1020. The summed E-state index contributed by atoms with van der Waals surface area (Å²) in [6.07, 6.45) is 51.9. The summed E-state index contributed by atoms with van der Waals surface area (Å²) in [6, 6.07) is -0.711. The number of hydrogen-bond acceptors (Lipinski definition) is 8. The van der Waals surface area contributed by atoms with E-state index in [0.717, 1.165) is 38.5 Å². The highest BCUT2D eigenvalue weighted by Gasteiger charge is 2.44. The van der Waals surface area contributed by atoms with Gasteiger partial charge in [-0.05, 0) is 12.8 Å². The lowest BCUT2D eigenvalue weighted by atomic mass is 9.99. The van der Waals surface area contributed by atoms with Crippen LogP contribution in [0.3, 0.4) is 0 Å². The van der Waals surface area contributed by atoms with Crippen LogP contribution in [0.15, 0.2) is 0 Å². The van der Waals surface area contributed by atoms with Crippen molar-refractivity contribution in [3.8, 4) is 0 Å². The Labute approximate surface area is 414 Å². The minimum Gasteiger partial charge on any atom is -0.394 e. The number of rotatable bonds is 52. The summed E-state index contributed by atoms with van der Waals surface area (Å²) in [5.74, 6) is -0.139. The molecule has 7 unspecified atom stereocenters. The zero-order valence-corrected chi connectivity index (χ0v) is 44.4. The van der Waals surface area contributed by atoms with Crippen LogP contribution in [0.1, 0.15) is 309 Å². The Kier molecular flexibility index (Phi) is 46.8. The smallest absolute Gasteiger partial charge is 0.220 e. The van der Waals surface area contributed by atoms with Gasteiger partial charge in [-0.15, -0.1) is 0 Å². The highest BCUT2D eigenvalue weighted by Crippen LogP contribution is 2.23. The first-order valence-electron chi connectivity index (χ1n) is 29.7. The van der Waals surface area contributed by atoms with E-state index in [-0.39, 0.29) is 12.5 Å². The zero-order valence-electron chi connectivity index (χ0n) is 44.4. The van der Waals surface area contributed by atoms with E-state index >= 15 is 0 Å². The molecule has 9 heteroatoms. The number of nitrogens with one attached hydrogen (secondary N) is 1. The summed E-state index contributed by atoms with van der Waals surface area (Å²) >= 11 is 0. The Morgan fingerprint density at radius 2 is 0.746 bits per heavy atom. The minimum atomic E-state index is -1.55. The standard InChI is InChI=1S/C58H115NO8/c1-3-5-7-9-11-13-14-15-16-17-18-19-20-21-22-23-24-25-26-27-28-29-30-31-32-33-34-35-36-37-38-40-42-44-46-48-54(62)59-51(52(61)47-45-43-41-39-12-10-8-6-4-2)50-66-58-57(65)56(64)55(63)53(49-60)67-58/h51-53,55-58,60-61,63-65H,3-50H2,1-2H3,(H,59,62). The van der Waals surface area contributed by atoms with Crippen LogP contribution in [0.2, 0.25) is 0 Å². The van der Waals surface area contributed by atoms with Gasteiger partial charge in [0.2, 0.25) is 5.91 Å². The molecule has 0 aromatic heterocycles. The molecule has 1 saturated heterocycles. The Morgan fingerprint density at radius 3 is 1.06 bits per heavy atom. The SMILES string of the molecule is CCCCCCCCCCCCCCCCCCCCCCCCCCCCCCCCCCCCCC(=O)NC(COC1OC(CO)C(O)C(O)C1O)C(O)CCCCCCCCCCC. The van der Waals surface area contributed by atoms with E-state index in [0.29, 0.717) is 12.8 Å². The molecule has 1 amide bonds. The highest BCUT2D eigenvalue weighted by atomic mass is 16.7.